The third-order valence-corrected chi connectivity index (χ3v) is 9.93. The van der Waals surface area contributed by atoms with Crippen LogP contribution in [0, 0.1) is 23.2 Å². The fourth-order valence-electron chi connectivity index (χ4n) is 8.75. The number of ketones is 1. The van der Waals surface area contributed by atoms with E-state index in [0.717, 1.165) is 66.1 Å². The van der Waals surface area contributed by atoms with E-state index in [4.69, 9.17) is 11.6 Å². The molecule has 1 unspecified atom stereocenters. The fourth-order valence-corrected chi connectivity index (χ4v) is 8.95. The molecular weight excluding hydrogens is 494 g/mol. The number of carbonyl (C=O) groups excluding carboxylic acids is 2. The number of anilines is 2. The van der Waals surface area contributed by atoms with Gasteiger partial charge in [0.2, 0.25) is 0 Å². The lowest BCUT2D eigenvalue weighted by Gasteiger charge is -2.57. The van der Waals surface area contributed by atoms with E-state index in [2.05, 4.69) is 24.5 Å². The Morgan fingerprint density at radius 1 is 0.974 bits per heavy atom. The predicted molar refractivity (Wildman–Crippen MR) is 151 cm³/mol. The number of para-hydroxylation sites is 2. The highest BCUT2D eigenvalue weighted by Crippen LogP contribution is 2.56. The van der Waals surface area contributed by atoms with Crippen LogP contribution in [0.3, 0.4) is 0 Å². The second-order valence-electron chi connectivity index (χ2n) is 13.4. The van der Waals surface area contributed by atoms with E-state index in [1.807, 2.05) is 53.4 Å². The standard InChI is InChI=1S/C32H36ClN3O2/c1-31(2)17-25-28(27(37)18-31)29(22-6-5-7-23(33)13-22)36(26-9-4-3-8-24(26)34-25)30(38)35-32-14-19-10-20(15-32)12-21(11-19)16-32/h3-9,13,19-21,29,34H,10-12,14-18H2,1-2H3,(H,35,38). The number of carbonyl (C=O) groups is 2. The summed E-state index contributed by atoms with van der Waals surface area (Å²) < 4.78 is 0. The Hall–Kier alpha value is -2.79. The van der Waals surface area contributed by atoms with Crippen molar-refractivity contribution in [1.29, 1.82) is 0 Å². The predicted octanol–water partition coefficient (Wildman–Crippen LogP) is 7.63. The highest BCUT2D eigenvalue weighted by Gasteiger charge is 2.53. The second kappa shape index (κ2) is 8.61. The summed E-state index contributed by atoms with van der Waals surface area (Å²) in [5, 5.41) is 7.80. The van der Waals surface area contributed by atoms with Gasteiger partial charge in [-0.2, -0.15) is 0 Å². The smallest absolute Gasteiger partial charge is 0.323 e. The quantitative estimate of drug-likeness (QED) is 0.420. The molecule has 4 bridgehead atoms. The summed E-state index contributed by atoms with van der Waals surface area (Å²) in [6, 6.07) is 14.9. The molecule has 2 aromatic carbocycles. The lowest BCUT2D eigenvalue weighted by molar-refractivity contribution is -0.118. The van der Waals surface area contributed by atoms with Gasteiger partial charge in [0.25, 0.3) is 0 Å². The van der Waals surface area contributed by atoms with Crippen LogP contribution >= 0.6 is 11.6 Å². The number of benzene rings is 2. The zero-order valence-corrected chi connectivity index (χ0v) is 23.0. The van der Waals surface area contributed by atoms with Crippen LogP contribution in [-0.2, 0) is 4.79 Å². The largest absolute Gasteiger partial charge is 0.357 e. The van der Waals surface area contributed by atoms with Crippen molar-refractivity contribution in [1.82, 2.24) is 5.32 Å². The lowest BCUT2D eigenvalue weighted by Crippen LogP contribution is -2.62. The van der Waals surface area contributed by atoms with Gasteiger partial charge >= 0.3 is 6.03 Å². The van der Waals surface area contributed by atoms with Gasteiger partial charge in [0.1, 0.15) is 0 Å². The molecular formula is C32H36ClN3O2. The Labute approximate surface area is 230 Å². The molecule has 4 saturated carbocycles. The molecule has 0 radical (unpaired) electrons. The third kappa shape index (κ3) is 4.05. The van der Waals surface area contributed by atoms with Crippen molar-refractivity contribution in [3.8, 4) is 0 Å². The minimum atomic E-state index is -0.558. The van der Waals surface area contributed by atoms with Gasteiger partial charge < -0.3 is 10.6 Å². The number of amides is 2. The van der Waals surface area contributed by atoms with Crippen LogP contribution < -0.4 is 15.5 Å². The van der Waals surface area contributed by atoms with Gasteiger partial charge in [-0.05, 0) is 97.9 Å². The molecule has 6 heteroatoms. The SMILES string of the molecule is CC1(C)CC(=O)C2=C(C1)Nc1ccccc1N(C(=O)NC13CC4CC(CC(C4)C1)C3)C2c1cccc(Cl)c1. The van der Waals surface area contributed by atoms with Crippen molar-refractivity contribution in [2.45, 2.75) is 76.8 Å². The van der Waals surface area contributed by atoms with Crippen LogP contribution in [0.25, 0.3) is 0 Å². The zero-order valence-electron chi connectivity index (χ0n) is 22.2. The first-order valence-electron chi connectivity index (χ1n) is 14.2. The van der Waals surface area contributed by atoms with Crippen LogP contribution in [0.2, 0.25) is 5.02 Å². The Balaban J connectivity index is 1.37. The molecule has 2 amide bonds. The first-order chi connectivity index (χ1) is 18.2. The molecule has 1 atom stereocenters. The van der Waals surface area contributed by atoms with Crippen molar-refractivity contribution in [3.63, 3.8) is 0 Å². The van der Waals surface area contributed by atoms with Gasteiger partial charge in [-0.3, -0.25) is 9.69 Å². The molecule has 2 N–H and O–H groups in total. The minimum absolute atomic E-state index is 0.0918. The van der Waals surface area contributed by atoms with Gasteiger partial charge in [0, 0.05) is 28.3 Å². The number of nitrogens with one attached hydrogen (secondary N) is 2. The number of hydrogen-bond donors (Lipinski definition) is 2. The number of urea groups is 1. The van der Waals surface area contributed by atoms with Gasteiger partial charge in [0.15, 0.2) is 5.78 Å². The van der Waals surface area contributed by atoms with Crippen molar-refractivity contribution >= 4 is 34.8 Å². The average molecular weight is 530 g/mol. The summed E-state index contributed by atoms with van der Waals surface area (Å²) in [7, 11) is 0. The Morgan fingerprint density at radius 3 is 2.34 bits per heavy atom. The first-order valence-corrected chi connectivity index (χ1v) is 14.6. The molecule has 0 aromatic heterocycles. The maximum absolute atomic E-state index is 14.6. The second-order valence-corrected chi connectivity index (χ2v) is 13.9. The van der Waals surface area contributed by atoms with E-state index in [1.54, 1.807) is 0 Å². The van der Waals surface area contributed by atoms with Crippen LogP contribution in [-0.4, -0.2) is 17.4 Å². The molecule has 4 fully saturated rings. The molecule has 198 valence electrons. The van der Waals surface area contributed by atoms with Crippen molar-refractivity contribution in [2.24, 2.45) is 23.2 Å². The number of fused-ring (bicyclic) bond motifs is 1. The topological polar surface area (TPSA) is 61.4 Å². The maximum atomic E-state index is 14.6. The average Bonchev–Trinajstić information content (AvgIpc) is 2.96. The first kappa shape index (κ1) is 24.3. The molecule has 6 aliphatic rings. The van der Waals surface area contributed by atoms with Gasteiger partial charge in [-0.25, -0.2) is 4.79 Å². The number of rotatable bonds is 2. The van der Waals surface area contributed by atoms with Crippen LogP contribution in [0.15, 0.2) is 59.8 Å². The maximum Gasteiger partial charge on any atom is 0.323 e. The summed E-state index contributed by atoms with van der Waals surface area (Å²) in [6.45, 7) is 4.28. The lowest BCUT2D eigenvalue weighted by atomic mass is 9.53. The molecule has 1 heterocycles. The van der Waals surface area contributed by atoms with E-state index in [9.17, 15) is 9.59 Å². The van der Waals surface area contributed by atoms with Crippen LogP contribution in [0.1, 0.15) is 76.8 Å². The summed E-state index contributed by atoms with van der Waals surface area (Å²) in [5.74, 6) is 2.26. The summed E-state index contributed by atoms with van der Waals surface area (Å²) in [4.78, 5) is 30.4. The Morgan fingerprint density at radius 2 is 1.66 bits per heavy atom. The Bertz CT molecular complexity index is 1330. The highest BCUT2D eigenvalue weighted by molar-refractivity contribution is 6.30. The van der Waals surface area contributed by atoms with Crippen LogP contribution in [0.5, 0.6) is 0 Å². The van der Waals surface area contributed by atoms with Gasteiger partial charge in [0.05, 0.1) is 17.4 Å². The van der Waals surface area contributed by atoms with Crippen molar-refractivity contribution in [2.75, 3.05) is 10.2 Å². The number of halogens is 1. The van der Waals surface area contributed by atoms with E-state index in [1.165, 1.54) is 19.3 Å². The molecule has 0 spiro atoms. The number of Topliss-reactive ketones (excluding diaryl/α,β-unsaturated/α-hetero) is 1. The van der Waals surface area contributed by atoms with E-state index in [0.29, 0.717) is 17.0 Å². The molecule has 5 nitrogen and oxygen atoms in total. The van der Waals surface area contributed by atoms with E-state index in [-0.39, 0.29) is 22.8 Å². The van der Waals surface area contributed by atoms with Crippen LogP contribution in [0.4, 0.5) is 16.2 Å². The molecule has 2 aromatic rings. The Kier molecular flexibility index (Phi) is 5.50. The highest BCUT2D eigenvalue weighted by atomic mass is 35.5. The van der Waals surface area contributed by atoms with E-state index >= 15 is 0 Å². The van der Waals surface area contributed by atoms with Gasteiger partial charge in [-0.15, -0.1) is 0 Å². The van der Waals surface area contributed by atoms with E-state index < -0.39 is 6.04 Å². The molecule has 0 saturated heterocycles. The molecule has 8 rings (SSSR count). The summed E-state index contributed by atoms with van der Waals surface area (Å²) in [6.07, 6.45) is 8.35. The number of nitrogens with zero attached hydrogens (tertiary/aromatic N) is 1. The summed E-state index contributed by atoms with van der Waals surface area (Å²) in [5.41, 5.74) is 3.80. The molecule has 5 aliphatic carbocycles. The minimum Gasteiger partial charge on any atom is -0.357 e. The van der Waals surface area contributed by atoms with Crippen molar-refractivity contribution < 1.29 is 9.59 Å². The summed E-state index contributed by atoms with van der Waals surface area (Å²) >= 11 is 6.50. The third-order valence-electron chi connectivity index (χ3n) is 9.69. The zero-order chi connectivity index (χ0) is 26.2. The fraction of sp³-hybridized carbons (Fsp3) is 0.500. The number of hydrogen-bond acceptors (Lipinski definition) is 3. The monoisotopic (exact) mass is 529 g/mol. The number of allylic oxidation sites excluding steroid dienone is 1. The van der Waals surface area contributed by atoms with Crippen molar-refractivity contribution in [3.05, 3.63) is 70.4 Å². The molecule has 38 heavy (non-hydrogen) atoms. The van der Waals surface area contributed by atoms with Gasteiger partial charge in [-0.1, -0.05) is 49.7 Å². The molecule has 1 aliphatic heterocycles. The normalized spacial score (nSPS) is 32.8.